The molecule has 152 valence electrons. The monoisotopic (exact) mass is 395 g/mol. The fourth-order valence-corrected chi connectivity index (χ4v) is 3.36. The molecule has 0 aliphatic heterocycles. The Morgan fingerprint density at radius 3 is 2.90 bits per heavy atom. The predicted octanol–water partition coefficient (Wildman–Crippen LogP) is 2.95. The topological polar surface area (TPSA) is 91.0 Å². The van der Waals surface area contributed by atoms with Crippen LogP contribution in [0.15, 0.2) is 47.0 Å². The molecule has 0 amide bonds. The summed E-state index contributed by atoms with van der Waals surface area (Å²) < 4.78 is 18.7. The average Bonchev–Trinajstić information content (AvgIpc) is 3.36. The van der Waals surface area contributed by atoms with E-state index in [-0.39, 0.29) is 0 Å². The standard InChI is InChI=1S/C21H25N5O3/c1-3-25(10-12-27-2)16-5-4-6-18-15(16)13-19(29-18)17-14-23-20-7-8-21(24-26(17)20)28-11-9-22/h4-8,13-14H,3,9-12,22H2,1-2H3. The van der Waals surface area contributed by atoms with Crippen molar-refractivity contribution < 1.29 is 13.9 Å². The molecule has 0 saturated heterocycles. The fourth-order valence-electron chi connectivity index (χ4n) is 3.36. The molecule has 4 aromatic rings. The molecule has 1 aromatic carbocycles. The van der Waals surface area contributed by atoms with E-state index in [0.717, 1.165) is 41.1 Å². The molecule has 0 aliphatic carbocycles. The first-order chi connectivity index (χ1) is 14.2. The van der Waals surface area contributed by atoms with E-state index in [1.807, 2.05) is 24.3 Å². The normalized spacial score (nSPS) is 11.4. The first-order valence-electron chi connectivity index (χ1n) is 9.69. The van der Waals surface area contributed by atoms with Crippen LogP contribution in [0.2, 0.25) is 0 Å². The van der Waals surface area contributed by atoms with Gasteiger partial charge in [0.15, 0.2) is 11.4 Å². The smallest absolute Gasteiger partial charge is 0.231 e. The number of nitrogens with two attached hydrogens (primary N) is 1. The summed E-state index contributed by atoms with van der Waals surface area (Å²) in [7, 11) is 1.72. The maximum atomic E-state index is 6.16. The van der Waals surface area contributed by atoms with E-state index in [9.17, 15) is 0 Å². The second kappa shape index (κ2) is 8.50. The maximum Gasteiger partial charge on any atom is 0.231 e. The number of nitrogens with zero attached hydrogens (tertiary/aromatic N) is 4. The zero-order valence-corrected chi connectivity index (χ0v) is 16.7. The summed E-state index contributed by atoms with van der Waals surface area (Å²) in [4.78, 5) is 6.71. The van der Waals surface area contributed by atoms with Crippen molar-refractivity contribution in [2.24, 2.45) is 5.73 Å². The molecule has 0 radical (unpaired) electrons. The Balaban J connectivity index is 1.76. The molecule has 0 atom stereocenters. The van der Waals surface area contributed by atoms with Crippen LogP contribution in [0.4, 0.5) is 5.69 Å². The van der Waals surface area contributed by atoms with Crippen LogP contribution in [0.3, 0.4) is 0 Å². The molecule has 0 unspecified atom stereocenters. The number of benzene rings is 1. The minimum Gasteiger partial charge on any atom is -0.475 e. The number of hydrogen-bond donors (Lipinski definition) is 1. The largest absolute Gasteiger partial charge is 0.475 e. The van der Waals surface area contributed by atoms with Gasteiger partial charge in [-0.25, -0.2) is 9.50 Å². The van der Waals surface area contributed by atoms with Crippen LogP contribution in [0.5, 0.6) is 5.88 Å². The molecule has 3 heterocycles. The number of imidazole rings is 1. The Morgan fingerprint density at radius 2 is 2.10 bits per heavy atom. The van der Waals surface area contributed by atoms with E-state index in [1.165, 1.54) is 0 Å². The molecule has 3 aromatic heterocycles. The van der Waals surface area contributed by atoms with Gasteiger partial charge < -0.3 is 24.5 Å². The number of methoxy groups -OCH3 is 1. The van der Waals surface area contributed by atoms with Gasteiger partial charge >= 0.3 is 0 Å². The number of fused-ring (bicyclic) bond motifs is 2. The van der Waals surface area contributed by atoms with Crippen molar-refractivity contribution in [2.75, 3.05) is 44.9 Å². The first-order valence-corrected chi connectivity index (χ1v) is 9.69. The lowest BCUT2D eigenvalue weighted by atomic mass is 10.2. The van der Waals surface area contributed by atoms with Crippen LogP contribution < -0.4 is 15.4 Å². The molecular formula is C21H25N5O3. The minimum atomic E-state index is 0.408. The Labute approximate surface area is 168 Å². The van der Waals surface area contributed by atoms with Crippen molar-refractivity contribution >= 4 is 22.3 Å². The molecule has 2 N–H and O–H groups in total. The van der Waals surface area contributed by atoms with Gasteiger partial charge in [0, 0.05) is 43.9 Å². The van der Waals surface area contributed by atoms with Crippen molar-refractivity contribution in [1.82, 2.24) is 14.6 Å². The van der Waals surface area contributed by atoms with E-state index >= 15 is 0 Å². The van der Waals surface area contributed by atoms with E-state index in [1.54, 1.807) is 23.9 Å². The van der Waals surface area contributed by atoms with Crippen LogP contribution in [0, 0.1) is 0 Å². The van der Waals surface area contributed by atoms with Crippen molar-refractivity contribution in [3.8, 4) is 17.3 Å². The number of ether oxygens (including phenoxy) is 2. The summed E-state index contributed by atoms with van der Waals surface area (Å²) in [5, 5.41) is 5.57. The first kappa shape index (κ1) is 19.2. The summed E-state index contributed by atoms with van der Waals surface area (Å²) in [5.41, 5.74) is 8.93. The number of hydrogen-bond acceptors (Lipinski definition) is 7. The molecule has 0 fully saturated rings. The molecular weight excluding hydrogens is 370 g/mol. The lowest BCUT2D eigenvalue weighted by Crippen LogP contribution is -2.26. The van der Waals surface area contributed by atoms with Gasteiger partial charge in [0.05, 0.1) is 12.8 Å². The Bertz CT molecular complexity index is 1100. The van der Waals surface area contributed by atoms with Crippen molar-refractivity contribution in [3.63, 3.8) is 0 Å². The van der Waals surface area contributed by atoms with Gasteiger partial charge in [-0.15, -0.1) is 5.10 Å². The van der Waals surface area contributed by atoms with E-state index in [4.69, 9.17) is 19.6 Å². The lowest BCUT2D eigenvalue weighted by molar-refractivity contribution is 0.205. The maximum absolute atomic E-state index is 6.16. The summed E-state index contributed by atoms with van der Waals surface area (Å²) in [5.74, 6) is 1.20. The Hall–Kier alpha value is -3.10. The molecule has 0 aliphatic rings. The van der Waals surface area contributed by atoms with Crippen LogP contribution >= 0.6 is 0 Å². The molecule has 8 nitrogen and oxygen atoms in total. The highest BCUT2D eigenvalue weighted by atomic mass is 16.5. The highest BCUT2D eigenvalue weighted by molar-refractivity contribution is 5.94. The third-order valence-corrected chi connectivity index (χ3v) is 4.78. The van der Waals surface area contributed by atoms with Gasteiger partial charge in [0.25, 0.3) is 0 Å². The fraction of sp³-hybridized carbons (Fsp3) is 0.333. The predicted molar refractivity (Wildman–Crippen MR) is 113 cm³/mol. The highest BCUT2D eigenvalue weighted by Crippen LogP contribution is 2.34. The quantitative estimate of drug-likeness (QED) is 0.466. The summed E-state index contributed by atoms with van der Waals surface area (Å²) in [6.45, 7) is 5.32. The Kier molecular flexibility index (Phi) is 5.64. The number of likely N-dealkylation sites (N-methyl/N-ethyl adjacent to an activating group) is 1. The molecule has 8 heteroatoms. The zero-order chi connectivity index (χ0) is 20.2. The van der Waals surface area contributed by atoms with Crippen LogP contribution in [-0.4, -0.2) is 54.6 Å². The van der Waals surface area contributed by atoms with Gasteiger partial charge in [-0.1, -0.05) is 6.07 Å². The number of rotatable bonds is 9. The number of aromatic nitrogens is 3. The summed E-state index contributed by atoms with van der Waals surface area (Å²) >= 11 is 0. The minimum absolute atomic E-state index is 0.408. The second-order valence-corrected chi connectivity index (χ2v) is 6.59. The van der Waals surface area contributed by atoms with Crippen LogP contribution in [0.1, 0.15) is 6.92 Å². The highest BCUT2D eigenvalue weighted by Gasteiger charge is 2.17. The number of anilines is 1. The molecule has 29 heavy (non-hydrogen) atoms. The third kappa shape index (κ3) is 3.76. The van der Waals surface area contributed by atoms with Crippen LogP contribution in [-0.2, 0) is 4.74 Å². The van der Waals surface area contributed by atoms with E-state index < -0.39 is 0 Å². The lowest BCUT2D eigenvalue weighted by Gasteiger charge is -2.23. The second-order valence-electron chi connectivity index (χ2n) is 6.59. The molecule has 4 rings (SSSR count). The van der Waals surface area contributed by atoms with Gasteiger partial charge in [0.1, 0.15) is 17.9 Å². The molecule has 0 saturated carbocycles. The average molecular weight is 395 g/mol. The van der Waals surface area contributed by atoms with E-state index in [2.05, 4.69) is 28.0 Å². The molecule has 0 spiro atoms. The number of furan rings is 1. The van der Waals surface area contributed by atoms with Gasteiger partial charge in [-0.2, -0.15) is 0 Å². The van der Waals surface area contributed by atoms with Crippen molar-refractivity contribution in [2.45, 2.75) is 6.92 Å². The summed E-state index contributed by atoms with van der Waals surface area (Å²) in [6, 6.07) is 11.8. The summed E-state index contributed by atoms with van der Waals surface area (Å²) in [6.07, 6.45) is 1.76. The van der Waals surface area contributed by atoms with Crippen LogP contribution in [0.25, 0.3) is 28.1 Å². The zero-order valence-electron chi connectivity index (χ0n) is 16.7. The van der Waals surface area contributed by atoms with Gasteiger partial charge in [-0.05, 0) is 31.2 Å². The van der Waals surface area contributed by atoms with E-state index in [0.29, 0.717) is 31.4 Å². The van der Waals surface area contributed by atoms with Crippen molar-refractivity contribution in [3.05, 3.63) is 42.6 Å². The van der Waals surface area contributed by atoms with Gasteiger partial charge in [-0.3, -0.25) is 0 Å². The third-order valence-electron chi connectivity index (χ3n) is 4.78. The Morgan fingerprint density at radius 1 is 1.21 bits per heavy atom. The van der Waals surface area contributed by atoms with Crippen molar-refractivity contribution in [1.29, 1.82) is 0 Å². The van der Waals surface area contributed by atoms with Gasteiger partial charge in [0.2, 0.25) is 5.88 Å². The molecule has 0 bridgehead atoms. The SMILES string of the molecule is CCN(CCOC)c1cccc2oc(-c3cnc4ccc(OCCN)nn34)cc12.